The Balaban J connectivity index is 2.69. The number of nitrogens with one attached hydrogen (secondary N) is 1. The van der Waals surface area contributed by atoms with E-state index in [9.17, 15) is 9.90 Å². The topological polar surface area (TPSA) is 53.1 Å². The number of aliphatic hydroxyl groups excluding tert-OH is 1. The van der Waals surface area contributed by atoms with Gasteiger partial charge in [0.2, 0.25) is 5.56 Å². The number of aromatic amines is 1. The Morgan fingerprint density at radius 3 is 2.50 bits per heavy atom. The van der Waals surface area contributed by atoms with Crippen molar-refractivity contribution in [3.8, 4) is 11.1 Å². The maximum absolute atomic E-state index is 11.2. The molecule has 1 aromatic heterocycles. The van der Waals surface area contributed by atoms with Crippen molar-refractivity contribution in [3.63, 3.8) is 0 Å². The first-order valence-corrected chi connectivity index (χ1v) is 6.14. The molecule has 0 radical (unpaired) electrons. The SMILES string of the molecule is O=c1cc(CO)c(-c2ccc(Cl)c(Cl)c2Cl)c[nH]1. The fraction of sp³-hybridized carbons (Fsp3) is 0.0833. The number of aliphatic hydroxyl groups is 1. The van der Waals surface area contributed by atoms with Gasteiger partial charge < -0.3 is 10.1 Å². The predicted molar refractivity (Wildman–Crippen MR) is 73.5 cm³/mol. The second-order valence-corrected chi connectivity index (χ2v) is 4.78. The number of pyridine rings is 1. The Kier molecular flexibility index (Phi) is 3.97. The zero-order chi connectivity index (χ0) is 13.3. The summed E-state index contributed by atoms with van der Waals surface area (Å²) in [6.07, 6.45) is 1.49. The zero-order valence-electron chi connectivity index (χ0n) is 9.01. The van der Waals surface area contributed by atoms with Gasteiger partial charge in [0, 0.05) is 23.4 Å². The van der Waals surface area contributed by atoms with Crippen molar-refractivity contribution in [1.29, 1.82) is 0 Å². The summed E-state index contributed by atoms with van der Waals surface area (Å²) < 4.78 is 0. The van der Waals surface area contributed by atoms with Crippen LogP contribution in [0.1, 0.15) is 5.56 Å². The molecule has 1 aromatic carbocycles. The Hall–Kier alpha value is -1.000. The lowest BCUT2D eigenvalue weighted by Crippen LogP contribution is -2.06. The number of benzene rings is 1. The molecule has 0 bridgehead atoms. The molecule has 0 atom stereocenters. The van der Waals surface area contributed by atoms with Crippen molar-refractivity contribution in [2.75, 3.05) is 0 Å². The summed E-state index contributed by atoms with van der Waals surface area (Å²) in [4.78, 5) is 13.7. The summed E-state index contributed by atoms with van der Waals surface area (Å²) in [6.45, 7) is -0.268. The van der Waals surface area contributed by atoms with Crippen LogP contribution >= 0.6 is 34.8 Å². The first kappa shape index (κ1) is 13.4. The molecule has 2 rings (SSSR count). The van der Waals surface area contributed by atoms with Gasteiger partial charge in [-0.15, -0.1) is 0 Å². The van der Waals surface area contributed by atoms with Crippen molar-refractivity contribution < 1.29 is 5.11 Å². The minimum absolute atomic E-state index is 0.242. The normalized spacial score (nSPS) is 10.7. The average Bonchev–Trinajstić information content (AvgIpc) is 2.37. The van der Waals surface area contributed by atoms with Gasteiger partial charge in [-0.2, -0.15) is 0 Å². The standard InChI is InChI=1S/C12H8Cl3NO2/c13-9-2-1-7(11(14)12(9)15)8-4-16-10(18)3-6(8)5-17/h1-4,17H,5H2,(H,16,18). The van der Waals surface area contributed by atoms with Gasteiger partial charge in [0.25, 0.3) is 0 Å². The molecule has 1 heterocycles. The van der Waals surface area contributed by atoms with Gasteiger partial charge in [-0.05, 0) is 11.6 Å². The van der Waals surface area contributed by atoms with E-state index in [-0.39, 0.29) is 22.2 Å². The number of rotatable bonds is 2. The molecule has 0 aliphatic heterocycles. The Morgan fingerprint density at radius 2 is 1.83 bits per heavy atom. The van der Waals surface area contributed by atoms with Gasteiger partial charge in [-0.1, -0.05) is 40.9 Å². The van der Waals surface area contributed by atoms with E-state index >= 15 is 0 Å². The molecule has 0 amide bonds. The van der Waals surface area contributed by atoms with E-state index in [2.05, 4.69) is 4.98 Å². The lowest BCUT2D eigenvalue weighted by molar-refractivity contribution is 0.282. The van der Waals surface area contributed by atoms with Crippen molar-refractivity contribution in [2.45, 2.75) is 6.61 Å². The molecule has 0 saturated carbocycles. The summed E-state index contributed by atoms with van der Waals surface area (Å²) in [6, 6.07) is 4.61. The summed E-state index contributed by atoms with van der Waals surface area (Å²) >= 11 is 17.9. The maximum atomic E-state index is 11.2. The monoisotopic (exact) mass is 303 g/mol. The highest BCUT2D eigenvalue weighted by atomic mass is 35.5. The second-order valence-electron chi connectivity index (χ2n) is 3.62. The number of hydrogen-bond acceptors (Lipinski definition) is 2. The van der Waals surface area contributed by atoms with Gasteiger partial charge >= 0.3 is 0 Å². The molecule has 3 nitrogen and oxygen atoms in total. The third kappa shape index (κ3) is 2.40. The Labute approximate surface area is 118 Å². The minimum Gasteiger partial charge on any atom is -0.392 e. The highest BCUT2D eigenvalue weighted by molar-refractivity contribution is 6.49. The summed E-state index contributed by atoms with van der Waals surface area (Å²) in [5, 5.41) is 10.1. The van der Waals surface area contributed by atoms with Gasteiger partial charge in [0.1, 0.15) is 0 Å². The molecule has 0 fully saturated rings. The van der Waals surface area contributed by atoms with Gasteiger partial charge in [-0.25, -0.2) is 0 Å². The van der Waals surface area contributed by atoms with Crippen LogP contribution in [0, 0.1) is 0 Å². The third-order valence-corrected chi connectivity index (χ3v) is 3.80. The summed E-state index contributed by atoms with van der Waals surface area (Å²) in [5.74, 6) is 0. The number of halogens is 3. The van der Waals surface area contributed by atoms with E-state index in [1.165, 1.54) is 12.3 Å². The average molecular weight is 305 g/mol. The summed E-state index contributed by atoms with van der Waals surface area (Å²) in [5.41, 5.74) is 1.39. The fourth-order valence-electron chi connectivity index (χ4n) is 1.63. The van der Waals surface area contributed by atoms with Crippen LogP contribution in [-0.2, 0) is 6.61 Å². The first-order valence-electron chi connectivity index (χ1n) is 5.01. The Morgan fingerprint density at radius 1 is 1.11 bits per heavy atom. The number of H-pyrrole nitrogens is 1. The second kappa shape index (κ2) is 5.33. The van der Waals surface area contributed by atoms with E-state index in [4.69, 9.17) is 34.8 Å². The molecule has 0 saturated heterocycles. The highest BCUT2D eigenvalue weighted by Gasteiger charge is 2.13. The van der Waals surface area contributed by atoms with Crippen molar-refractivity contribution in [3.05, 3.63) is 55.4 Å². The molecule has 0 spiro atoms. The van der Waals surface area contributed by atoms with Crippen LogP contribution in [0.3, 0.4) is 0 Å². The quantitative estimate of drug-likeness (QED) is 0.834. The predicted octanol–water partition coefficient (Wildman–Crippen LogP) is 3.49. The molecule has 18 heavy (non-hydrogen) atoms. The molecule has 94 valence electrons. The third-order valence-electron chi connectivity index (χ3n) is 2.51. The van der Waals surface area contributed by atoms with E-state index in [0.29, 0.717) is 21.7 Å². The minimum atomic E-state index is -0.293. The largest absolute Gasteiger partial charge is 0.392 e. The van der Waals surface area contributed by atoms with E-state index in [1.54, 1.807) is 12.1 Å². The van der Waals surface area contributed by atoms with Crippen LogP contribution in [0.4, 0.5) is 0 Å². The molecule has 2 N–H and O–H groups in total. The maximum Gasteiger partial charge on any atom is 0.248 e. The molecular formula is C12H8Cl3NO2. The van der Waals surface area contributed by atoms with E-state index in [0.717, 1.165) is 0 Å². The van der Waals surface area contributed by atoms with Crippen molar-refractivity contribution in [2.24, 2.45) is 0 Å². The number of hydrogen-bond donors (Lipinski definition) is 2. The van der Waals surface area contributed by atoms with Crippen LogP contribution in [0.5, 0.6) is 0 Å². The van der Waals surface area contributed by atoms with Crippen LogP contribution < -0.4 is 5.56 Å². The highest BCUT2D eigenvalue weighted by Crippen LogP contribution is 2.38. The molecule has 0 aliphatic carbocycles. The Bertz CT molecular complexity index is 652. The van der Waals surface area contributed by atoms with Crippen LogP contribution in [-0.4, -0.2) is 10.1 Å². The van der Waals surface area contributed by atoms with Gasteiger partial charge in [-0.3, -0.25) is 4.79 Å². The van der Waals surface area contributed by atoms with E-state index < -0.39 is 0 Å². The van der Waals surface area contributed by atoms with Crippen LogP contribution in [0.15, 0.2) is 29.2 Å². The van der Waals surface area contributed by atoms with Gasteiger partial charge in [0.15, 0.2) is 0 Å². The van der Waals surface area contributed by atoms with Crippen molar-refractivity contribution in [1.82, 2.24) is 4.98 Å². The lowest BCUT2D eigenvalue weighted by Gasteiger charge is -2.10. The van der Waals surface area contributed by atoms with Crippen LogP contribution in [0.25, 0.3) is 11.1 Å². The lowest BCUT2D eigenvalue weighted by atomic mass is 10.0. The van der Waals surface area contributed by atoms with Gasteiger partial charge in [0.05, 0.1) is 21.7 Å². The first-order chi connectivity index (χ1) is 8.54. The molecule has 0 unspecified atom stereocenters. The number of aromatic nitrogens is 1. The molecule has 6 heteroatoms. The van der Waals surface area contributed by atoms with Crippen LogP contribution in [0.2, 0.25) is 15.1 Å². The zero-order valence-corrected chi connectivity index (χ0v) is 11.3. The summed E-state index contributed by atoms with van der Waals surface area (Å²) in [7, 11) is 0. The molecule has 0 aliphatic rings. The van der Waals surface area contributed by atoms with E-state index in [1.807, 2.05) is 0 Å². The fourth-order valence-corrected chi connectivity index (χ4v) is 2.27. The molecular weight excluding hydrogens is 296 g/mol. The smallest absolute Gasteiger partial charge is 0.248 e. The van der Waals surface area contributed by atoms with Crippen molar-refractivity contribution >= 4 is 34.8 Å². The molecule has 2 aromatic rings.